The monoisotopic (exact) mass is 294 g/mol. The minimum Gasteiger partial charge on any atom is -0.301 e. The second kappa shape index (κ2) is 5.22. The molecule has 1 aromatic heterocycles. The molecule has 1 aliphatic carbocycles. The fourth-order valence-electron chi connectivity index (χ4n) is 2.16. The summed E-state index contributed by atoms with van der Waals surface area (Å²) in [7, 11) is 0. The topological polar surface area (TPSA) is 24.9 Å². The van der Waals surface area contributed by atoms with Gasteiger partial charge in [-0.25, -0.2) is 13.8 Å². The molecular weight excluding hydrogens is 278 g/mol. The van der Waals surface area contributed by atoms with Gasteiger partial charge in [-0.2, -0.15) is 0 Å². The molecule has 0 amide bonds. The van der Waals surface area contributed by atoms with Gasteiger partial charge in [-0.1, -0.05) is 0 Å². The number of thiazole rings is 1. The van der Waals surface area contributed by atoms with Crippen molar-refractivity contribution >= 4 is 11.3 Å². The molecule has 5 heteroatoms. The first-order valence-electron chi connectivity index (χ1n) is 6.69. The van der Waals surface area contributed by atoms with Gasteiger partial charge in [-0.3, -0.25) is 0 Å². The van der Waals surface area contributed by atoms with Gasteiger partial charge in [0.15, 0.2) is 0 Å². The lowest BCUT2D eigenvalue weighted by Gasteiger charge is -2.17. The molecule has 1 aromatic carbocycles. The van der Waals surface area contributed by atoms with Gasteiger partial charge in [0.1, 0.15) is 16.6 Å². The number of aryl methyl sites for hydroxylation is 2. The van der Waals surface area contributed by atoms with Crippen molar-refractivity contribution in [3.63, 3.8) is 0 Å². The molecule has 2 aromatic rings. The molecule has 2 nitrogen and oxygen atoms in total. The smallest absolute Gasteiger partial charge is 0.126 e. The average Bonchev–Trinajstić information content (AvgIpc) is 3.12. The lowest BCUT2D eigenvalue weighted by molar-refractivity contribution is 0.557. The number of halogens is 2. The largest absolute Gasteiger partial charge is 0.301 e. The van der Waals surface area contributed by atoms with E-state index in [-0.39, 0.29) is 6.04 Å². The molecule has 0 spiro atoms. The van der Waals surface area contributed by atoms with E-state index in [2.05, 4.69) is 10.3 Å². The van der Waals surface area contributed by atoms with E-state index in [1.54, 1.807) is 11.3 Å². The van der Waals surface area contributed by atoms with Crippen molar-refractivity contribution in [2.75, 3.05) is 0 Å². The number of aromatic nitrogens is 1. The van der Waals surface area contributed by atoms with E-state index in [1.807, 2.05) is 13.8 Å². The van der Waals surface area contributed by atoms with Crippen LogP contribution in [0.15, 0.2) is 18.2 Å². The quantitative estimate of drug-likeness (QED) is 0.925. The third-order valence-electron chi connectivity index (χ3n) is 3.49. The van der Waals surface area contributed by atoms with Gasteiger partial charge >= 0.3 is 0 Å². The standard InChI is InChI=1S/C15H16F2N2S/c1-8-9(2)20-15(18-8)14(19-13-3-4-13)10-5-11(16)7-12(17)6-10/h5-7,13-14,19H,3-4H2,1-2H3. The first kappa shape index (κ1) is 13.6. The van der Waals surface area contributed by atoms with Crippen LogP contribution in [0.25, 0.3) is 0 Å². The predicted octanol–water partition coefficient (Wildman–Crippen LogP) is 3.88. The van der Waals surface area contributed by atoms with Crippen LogP contribution in [-0.2, 0) is 0 Å². The zero-order valence-electron chi connectivity index (χ0n) is 11.4. The molecule has 1 aliphatic rings. The van der Waals surface area contributed by atoms with Crippen molar-refractivity contribution in [2.24, 2.45) is 0 Å². The second-order valence-electron chi connectivity index (χ2n) is 5.27. The molecule has 3 rings (SSSR count). The van der Waals surface area contributed by atoms with Crippen molar-refractivity contribution in [3.05, 3.63) is 51.0 Å². The van der Waals surface area contributed by atoms with Crippen molar-refractivity contribution < 1.29 is 8.78 Å². The lowest BCUT2D eigenvalue weighted by atomic mass is 10.1. The third kappa shape index (κ3) is 2.88. The van der Waals surface area contributed by atoms with Crippen LogP contribution in [0, 0.1) is 25.5 Å². The summed E-state index contributed by atoms with van der Waals surface area (Å²) >= 11 is 1.58. The third-order valence-corrected chi connectivity index (χ3v) is 4.63. The first-order chi connectivity index (χ1) is 9.52. The van der Waals surface area contributed by atoms with E-state index >= 15 is 0 Å². The molecule has 0 bridgehead atoms. The molecule has 1 fully saturated rings. The maximum atomic E-state index is 13.5. The van der Waals surface area contributed by atoms with Gasteiger partial charge in [-0.05, 0) is 44.4 Å². The van der Waals surface area contributed by atoms with Crippen molar-refractivity contribution in [2.45, 2.75) is 38.8 Å². The number of hydrogen-bond donors (Lipinski definition) is 1. The molecule has 0 saturated heterocycles. The van der Waals surface area contributed by atoms with Crippen molar-refractivity contribution in [1.82, 2.24) is 10.3 Å². The maximum Gasteiger partial charge on any atom is 0.126 e. The van der Waals surface area contributed by atoms with E-state index in [4.69, 9.17) is 0 Å². The molecule has 1 N–H and O–H groups in total. The highest BCUT2D eigenvalue weighted by molar-refractivity contribution is 7.11. The fraction of sp³-hybridized carbons (Fsp3) is 0.400. The van der Waals surface area contributed by atoms with Gasteiger partial charge < -0.3 is 5.32 Å². The number of nitrogens with zero attached hydrogens (tertiary/aromatic N) is 1. The van der Waals surface area contributed by atoms with Crippen LogP contribution in [-0.4, -0.2) is 11.0 Å². The normalized spacial score (nSPS) is 16.4. The Hall–Kier alpha value is -1.33. The Morgan fingerprint density at radius 1 is 1.20 bits per heavy atom. The Labute approximate surface area is 120 Å². The van der Waals surface area contributed by atoms with Crippen molar-refractivity contribution in [3.8, 4) is 0 Å². The molecule has 1 heterocycles. The molecular formula is C15H16F2N2S. The molecule has 1 atom stereocenters. The summed E-state index contributed by atoms with van der Waals surface area (Å²) in [6.07, 6.45) is 2.22. The summed E-state index contributed by atoms with van der Waals surface area (Å²) in [4.78, 5) is 5.68. The highest BCUT2D eigenvalue weighted by Gasteiger charge is 2.28. The van der Waals surface area contributed by atoms with E-state index in [9.17, 15) is 8.78 Å². The van der Waals surface area contributed by atoms with Crippen molar-refractivity contribution in [1.29, 1.82) is 0 Å². The number of nitrogens with one attached hydrogen (secondary N) is 1. The summed E-state index contributed by atoms with van der Waals surface area (Å²) in [5.41, 5.74) is 1.58. The Balaban J connectivity index is 2.00. The molecule has 1 unspecified atom stereocenters. The Morgan fingerprint density at radius 2 is 1.85 bits per heavy atom. The fourth-order valence-corrected chi connectivity index (χ4v) is 3.17. The highest BCUT2D eigenvalue weighted by Crippen LogP contribution is 2.32. The van der Waals surface area contributed by atoms with Gasteiger partial charge in [0.05, 0.1) is 11.7 Å². The summed E-state index contributed by atoms with van der Waals surface area (Å²) < 4.78 is 26.9. The van der Waals surface area contributed by atoms with Gasteiger partial charge in [0.25, 0.3) is 0 Å². The molecule has 20 heavy (non-hydrogen) atoms. The number of rotatable bonds is 4. The lowest BCUT2D eigenvalue weighted by Crippen LogP contribution is -2.24. The summed E-state index contributed by atoms with van der Waals surface area (Å²) in [6, 6.07) is 3.86. The van der Waals surface area contributed by atoms with Gasteiger partial charge in [-0.15, -0.1) is 11.3 Å². The second-order valence-corrected chi connectivity index (χ2v) is 6.51. The van der Waals surface area contributed by atoms with Crippen LogP contribution < -0.4 is 5.32 Å². The average molecular weight is 294 g/mol. The van der Waals surface area contributed by atoms with E-state index in [0.717, 1.165) is 34.5 Å². The minimum atomic E-state index is -0.549. The van der Waals surface area contributed by atoms with Crippen LogP contribution in [0.1, 0.15) is 40.0 Å². The Kier molecular flexibility index (Phi) is 3.56. The zero-order chi connectivity index (χ0) is 14.3. The van der Waals surface area contributed by atoms with Crippen LogP contribution in [0.4, 0.5) is 8.78 Å². The highest BCUT2D eigenvalue weighted by atomic mass is 32.1. The predicted molar refractivity (Wildman–Crippen MR) is 75.9 cm³/mol. The summed E-state index contributed by atoms with van der Waals surface area (Å²) in [6.45, 7) is 3.96. The van der Waals surface area contributed by atoms with Crippen LogP contribution in [0.2, 0.25) is 0 Å². The SMILES string of the molecule is Cc1nc(C(NC2CC2)c2cc(F)cc(F)c2)sc1C. The number of hydrogen-bond acceptors (Lipinski definition) is 3. The molecule has 0 aliphatic heterocycles. The van der Waals surface area contributed by atoms with E-state index < -0.39 is 11.6 Å². The molecule has 1 saturated carbocycles. The minimum absolute atomic E-state index is 0.231. The Morgan fingerprint density at radius 3 is 2.35 bits per heavy atom. The summed E-state index contributed by atoms with van der Waals surface area (Å²) in [5, 5.41) is 4.31. The molecule has 106 valence electrons. The van der Waals surface area contributed by atoms with E-state index in [1.165, 1.54) is 12.1 Å². The van der Waals surface area contributed by atoms with Gasteiger partial charge in [0, 0.05) is 17.0 Å². The number of benzene rings is 1. The van der Waals surface area contributed by atoms with E-state index in [0.29, 0.717) is 11.6 Å². The van der Waals surface area contributed by atoms with Crippen LogP contribution in [0.3, 0.4) is 0 Å². The van der Waals surface area contributed by atoms with Crippen LogP contribution in [0.5, 0.6) is 0 Å². The molecule has 0 radical (unpaired) electrons. The summed E-state index contributed by atoms with van der Waals surface area (Å²) in [5.74, 6) is -1.10. The maximum absolute atomic E-state index is 13.5. The first-order valence-corrected chi connectivity index (χ1v) is 7.50. The van der Waals surface area contributed by atoms with Gasteiger partial charge in [0.2, 0.25) is 0 Å². The van der Waals surface area contributed by atoms with Crippen LogP contribution >= 0.6 is 11.3 Å². The Bertz CT molecular complexity index is 595. The zero-order valence-corrected chi connectivity index (χ0v) is 12.2.